The van der Waals surface area contributed by atoms with Gasteiger partial charge in [0.15, 0.2) is 12.5 Å². The molecule has 0 spiro atoms. The van der Waals surface area contributed by atoms with Crippen LogP contribution in [0.4, 0.5) is 0 Å². The minimum atomic E-state index is -0.750. The second-order valence-electron chi connectivity index (χ2n) is 0.0680. The maximum absolute atomic E-state index is 8.29. The summed E-state index contributed by atoms with van der Waals surface area (Å²) in [6, 6.07) is 0. The molecule has 0 aliphatic carbocycles. The van der Waals surface area contributed by atoms with E-state index < -0.39 is 11.6 Å². The number of rotatable bonds is 0. The van der Waals surface area contributed by atoms with Crippen molar-refractivity contribution in [3.63, 3.8) is 0 Å². The van der Waals surface area contributed by atoms with Gasteiger partial charge in [-0.3, -0.25) is 0 Å². The first-order chi connectivity index (χ1) is 2.41. The van der Waals surface area contributed by atoms with Crippen LogP contribution in [0.5, 0.6) is 0 Å². The highest BCUT2D eigenvalue weighted by Crippen LogP contribution is 0.846. The van der Waals surface area contributed by atoms with Crippen LogP contribution in [0.25, 0.3) is 0 Å². The second-order valence-corrected chi connectivity index (χ2v) is 0.204. The standard InChI is InChI=1S/O2S.OS/c1-3-2;1-2. The van der Waals surface area contributed by atoms with Crippen LogP contribution < -0.4 is 0 Å². The van der Waals surface area contributed by atoms with Crippen LogP contribution in [-0.2, 0) is 24.1 Å². The van der Waals surface area contributed by atoms with Crippen molar-refractivity contribution >= 4 is 24.1 Å². The summed E-state index contributed by atoms with van der Waals surface area (Å²) in [5, 5.41) is 0. The van der Waals surface area contributed by atoms with Crippen molar-refractivity contribution in [1.29, 1.82) is 0 Å². The molecule has 0 bridgehead atoms. The van der Waals surface area contributed by atoms with E-state index in [0.29, 0.717) is 0 Å². The maximum Gasteiger partial charge on any atom is 0.335 e. The molecule has 0 amide bonds. The summed E-state index contributed by atoms with van der Waals surface area (Å²) in [5.41, 5.74) is 0. The molecule has 0 radical (unpaired) electrons. The van der Waals surface area contributed by atoms with E-state index in [-0.39, 0.29) is 0 Å². The summed E-state index contributed by atoms with van der Waals surface area (Å²) in [7, 11) is 0. The Hall–Kier alpha value is -0.160. The topological polar surface area (TPSA) is 51.2 Å². The van der Waals surface area contributed by atoms with E-state index in [9.17, 15) is 0 Å². The third-order valence-electron chi connectivity index (χ3n) is 0. The normalized spacial score (nSPS) is 3.20. The van der Waals surface area contributed by atoms with Gasteiger partial charge < -0.3 is 0 Å². The molecule has 0 N–H and O–H groups in total. The van der Waals surface area contributed by atoms with Crippen LogP contribution in [0, 0.1) is 0 Å². The predicted molar refractivity (Wildman–Crippen MR) is 17.1 cm³/mol. The van der Waals surface area contributed by atoms with Gasteiger partial charge in [0.2, 0.25) is 0 Å². The Labute approximate surface area is 37.5 Å². The highest BCUT2D eigenvalue weighted by atomic mass is 32.1. The zero-order chi connectivity index (χ0) is 4.71. The molecule has 0 rings (SSSR count). The molecule has 5 heavy (non-hydrogen) atoms. The minimum Gasteiger partial charge on any atom is -0.197 e. The van der Waals surface area contributed by atoms with Gasteiger partial charge in [0.25, 0.3) is 0 Å². The molecule has 0 saturated carbocycles. The minimum absolute atomic E-state index is 0.750. The van der Waals surface area contributed by atoms with E-state index in [1.165, 1.54) is 0 Å². The molecule has 5 heteroatoms. The lowest BCUT2D eigenvalue weighted by molar-refractivity contribution is 0.630. The van der Waals surface area contributed by atoms with Gasteiger partial charge in [-0.1, -0.05) is 0 Å². The van der Waals surface area contributed by atoms with Crippen LogP contribution in [0.2, 0.25) is 0 Å². The molecule has 0 aromatic heterocycles. The van der Waals surface area contributed by atoms with Crippen LogP contribution in [0.3, 0.4) is 0 Å². The molecule has 0 unspecified atom stereocenters. The first-order valence-corrected chi connectivity index (χ1v) is 1.50. The van der Waals surface area contributed by atoms with E-state index in [1.807, 2.05) is 0 Å². The Morgan fingerprint density at radius 2 is 1.20 bits per heavy atom. The third-order valence-corrected chi connectivity index (χ3v) is 0. The van der Waals surface area contributed by atoms with Crippen LogP contribution >= 0.6 is 0 Å². The van der Waals surface area contributed by atoms with Crippen molar-refractivity contribution in [2.24, 2.45) is 0 Å². The van der Waals surface area contributed by atoms with Gasteiger partial charge >= 0.3 is 11.6 Å². The SMILES string of the molecule is O=S.O=S=O. The summed E-state index contributed by atoms with van der Waals surface area (Å²) in [5.74, 6) is 0. The second kappa shape index (κ2) is 43.9. The van der Waals surface area contributed by atoms with Gasteiger partial charge in [0.05, 0.1) is 0 Å². The Morgan fingerprint density at radius 3 is 1.20 bits per heavy atom. The molecule has 0 saturated heterocycles. The fourth-order valence-electron chi connectivity index (χ4n) is 0. The van der Waals surface area contributed by atoms with E-state index in [4.69, 9.17) is 12.6 Å². The van der Waals surface area contributed by atoms with E-state index in [2.05, 4.69) is 12.5 Å². The van der Waals surface area contributed by atoms with Crippen molar-refractivity contribution in [2.75, 3.05) is 0 Å². The molecule has 0 atom stereocenters. The van der Waals surface area contributed by atoms with Crippen molar-refractivity contribution in [1.82, 2.24) is 0 Å². The van der Waals surface area contributed by atoms with Crippen molar-refractivity contribution in [3.05, 3.63) is 0 Å². The largest absolute Gasteiger partial charge is 0.335 e. The zero-order valence-corrected chi connectivity index (χ0v) is 3.67. The molecular formula is O3S2. The fourth-order valence-corrected chi connectivity index (χ4v) is 0. The Morgan fingerprint density at radius 1 is 1.20 bits per heavy atom. The van der Waals surface area contributed by atoms with E-state index >= 15 is 0 Å². The van der Waals surface area contributed by atoms with Gasteiger partial charge in [-0.15, -0.1) is 0 Å². The molecule has 0 heterocycles. The first-order valence-electron chi connectivity index (χ1n) is 0.500. The zero-order valence-electron chi connectivity index (χ0n) is 2.04. The summed E-state index contributed by atoms with van der Waals surface area (Å²) >= 11 is 2.08. The van der Waals surface area contributed by atoms with Gasteiger partial charge in [-0.2, -0.15) is 12.6 Å². The van der Waals surface area contributed by atoms with Crippen molar-refractivity contribution in [3.8, 4) is 0 Å². The van der Waals surface area contributed by atoms with Crippen molar-refractivity contribution < 1.29 is 12.6 Å². The van der Waals surface area contributed by atoms with Gasteiger partial charge in [-0.25, -0.2) is 0 Å². The highest BCUT2D eigenvalue weighted by molar-refractivity contribution is 7.51. The smallest absolute Gasteiger partial charge is 0.197 e. The van der Waals surface area contributed by atoms with Crippen LogP contribution in [-0.4, -0.2) is 12.6 Å². The molecule has 0 aliphatic rings. The molecule has 0 fully saturated rings. The predicted octanol–water partition coefficient (Wildman–Crippen LogP) is -1.01. The lowest BCUT2D eigenvalue weighted by Gasteiger charge is -0.947. The molecule has 30 valence electrons. The fraction of sp³-hybridized carbons (Fsp3) is 0. The Kier molecular flexibility index (Phi) is 77.7. The molecule has 0 aromatic carbocycles. The molecule has 0 aromatic rings. The summed E-state index contributed by atoms with van der Waals surface area (Å²) in [6.07, 6.45) is 0. The van der Waals surface area contributed by atoms with Crippen LogP contribution in [0.15, 0.2) is 0 Å². The highest BCUT2D eigenvalue weighted by Gasteiger charge is 1.12. The average Bonchev–Trinajstić information content (AvgIpc) is 1.46. The molecule has 0 aliphatic heterocycles. The van der Waals surface area contributed by atoms with Gasteiger partial charge in [-0.05, 0) is 0 Å². The quantitative estimate of drug-likeness (QED) is 0.403. The number of hydrogen-bond donors (Lipinski definition) is 0. The monoisotopic (exact) mass is 112 g/mol. The molecule has 3 nitrogen and oxygen atoms in total. The summed E-state index contributed by atoms with van der Waals surface area (Å²) in [4.78, 5) is 0. The van der Waals surface area contributed by atoms with E-state index in [1.54, 1.807) is 0 Å². The third kappa shape index (κ3) is 508. The Balaban J connectivity index is 0. The molecular weight excluding hydrogens is 112 g/mol. The summed E-state index contributed by atoms with van der Waals surface area (Å²) < 4.78 is 24.4. The van der Waals surface area contributed by atoms with E-state index in [0.717, 1.165) is 0 Å². The van der Waals surface area contributed by atoms with Gasteiger partial charge in [0, 0.05) is 0 Å². The number of hydrogen-bond acceptors (Lipinski definition) is 4. The van der Waals surface area contributed by atoms with Crippen molar-refractivity contribution in [2.45, 2.75) is 0 Å². The lowest BCUT2D eigenvalue weighted by Crippen LogP contribution is -1.18. The lowest BCUT2D eigenvalue weighted by atomic mass is 15.9. The average molecular weight is 112 g/mol. The maximum atomic E-state index is 8.29. The van der Waals surface area contributed by atoms with Gasteiger partial charge in [0.1, 0.15) is 0 Å². The summed E-state index contributed by atoms with van der Waals surface area (Å²) in [6.45, 7) is 0. The first kappa shape index (κ1) is 8.85. The van der Waals surface area contributed by atoms with Crippen LogP contribution in [0.1, 0.15) is 0 Å². The Bertz CT molecular complexity index is 34.2.